The van der Waals surface area contributed by atoms with Crippen LogP contribution in [0.2, 0.25) is 0 Å². The van der Waals surface area contributed by atoms with E-state index in [0.29, 0.717) is 5.82 Å². The Hall–Kier alpha value is -0.790. The first-order valence-electron chi connectivity index (χ1n) is 5.22. The number of sulfonamides is 1. The van der Waals surface area contributed by atoms with Gasteiger partial charge in [-0.05, 0) is 37.6 Å². The number of aromatic nitrogens is 1. The lowest BCUT2D eigenvalue weighted by atomic mass is 10.4. The molecule has 0 radical (unpaired) electrons. The lowest BCUT2D eigenvalue weighted by Crippen LogP contribution is -2.18. The molecule has 0 unspecified atom stereocenters. The SMILES string of the molecule is CNS(=O)(=O)c1ccc(NCCCSC)nc1. The summed E-state index contributed by atoms with van der Waals surface area (Å²) in [6.07, 6.45) is 4.47. The van der Waals surface area contributed by atoms with Crippen LogP contribution >= 0.6 is 11.8 Å². The Morgan fingerprint density at radius 2 is 2.18 bits per heavy atom. The molecule has 0 bridgehead atoms. The molecule has 0 atom stereocenters. The van der Waals surface area contributed by atoms with Crippen molar-refractivity contribution in [2.75, 3.05) is 30.9 Å². The van der Waals surface area contributed by atoms with E-state index in [1.54, 1.807) is 17.8 Å². The largest absolute Gasteiger partial charge is 0.370 e. The minimum atomic E-state index is -3.39. The number of anilines is 1. The summed E-state index contributed by atoms with van der Waals surface area (Å²) in [5, 5.41) is 3.14. The monoisotopic (exact) mass is 275 g/mol. The standard InChI is InChI=1S/C10H17N3O2S2/c1-11-17(14,15)9-4-5-10(13-8-9)12-6-3-7-16-2/h4-5,8,11H,3,6-7H2,1-2H3,(H,12,13). The molecule has 0 fully saturated rings. The molecule has 0 saturated heterocycles. The van der Waals surface area contributed by atoms with E-state index in [0.717, 1.165) is 18.7 Å². The van der Waals surface area contributed by atoms with Crippen LogP contribution in [0.3, 0.4) is 0 Å². The van der Waals surface area contributed by atoms with Gasteiger partial charge in [0.2, 0.25) is 10.0 Å². The number of nitrogens with zero attached hydrogens (tertiary/aromatic N) is 1. The highest BCUT2D eigenvalue weighted by molar-refractivity contribution is 7.98. The van der Waals surface area contributed by atoms with Crippen LogP contribution in [0.1, 0.15) is 6.42 Å². The second-order valence-electron chi connectivity index (χ2n) is 3.36. The van der Waals surface area contributed by atoms with Gasteiger partial charge in [0.15, 0.2) is 0 Å². The molecule has 96 valence electrons. The summed E-state index contributed by atoms with van der Waals surface area (Å²) >= 11 is 1.80. The van der Waals surface area contributed by atoms with Crippen molar-refractivity contribution in [2.24, 2.45) is 0 Å². The third kappa shape index (κ3) is 4.53. The second kappa shape index (κ2) is 6.83. The van der Waals surface area contributed by atoms with Gasteiger partial charge in [-0.2, -0.15) is 11.8 Å². The first-order chi connectivity index (χ1) is 8.10. The lowest BCUT2D eigenvalue weighted by molar-refractivity contribution is 0.588. The van der Waals surface area contributed by atoms with Crippen molar-refractivity contribution >= 4 is 27.6 Å². The summed E-state index contributed by atoms with van der Waals surface area (Å²) < 4.78 is 25.1. The molecule has 0 aromatic carbocycles. The zero-order valence-corrected chi connectivity index (χ0v) is 11.6. The molecule has 0 saturated carbocycles. The molecule has 0 aliphatic heterocycles. The Balaban J connectivity index is 2.57. The molecule has 17 heavy (non-hydrogen) atoms. The van der Waals surface area contributed by atoms with Gasteiger partial charge in [-0.25, -0.2) is 18.1 Å². The average Bonchev–Trinajstić information content (AvgIpc) is 2.35. The fourth-order valence-electron chi connectivity index (χ4n) is 1.19. The van der Waals surface area contributed by atoms with Crippen LogP contribution < -0.4 is 10.0 Å². The van der Waals surface area contributed by atoms with Gasteiger partial charge in [-0.1, -0.05) is 0 Å². The van der Waals surface area contributed by atoms with Gasteiger partial charge in [0.1, 0.15) is 10.7 Å². The van der Waals surface area contributed by atoms with Crippen molar-refractivity contribution in [1.82, 2.24) is 9.71 Å². The minimum Gasteiger partial charge on any atom is -0.370 e. The van der Waals surface area contributed by atoms with E-state index in [1.807, 2.05) is 0 Å². The topological polar surface area (TPSA) is 71.1 Å². The first-order valence-corrected chi connectivity index (χ1v) is 8.10. The van der Waals surface area contributed by atoms with Crippen molar-refractivity contribution in [3.05, 3.63) is 18.3 Å². The van der Waals surface area contributed by atoms with Crippen LogP contribution in [0.5, 0.6) is 0 Å². The van der Waals surface area contributed by atoms with E-state index in [9.17, 15) is 8.42 Å². The van der Waals surface area contributed by atoms with Gasteiger partial charge >= 0.3 is 0 Å². The Bertz CT molecular complexity index is 431. The quantitative estimate of drug-likeness (QED) is 0.731. The van der Waals surface area contributed by atoms with Crippen molar-refractivity contribution in [2.45, 2.75) is 11.3 Å². The number of thioether (sulfide) groups is 1. The van der Waals surface area contributed by atoms with Crippen molar-refractivity contribution < 1.29 is 8.42 Å². The Labute approximate surface area is 106 Å². The first kappa shape index (κ1) is 14.3. The molecular weight excluding hydrogens is 258 g/mol. The molecule has 0 aliphatic carbocycles. The normalized spacial score (nSPS) is 11.4. The predicted octanol–water partition coefficient (Wildman–Crippen LogP) is 1.15. The van der Waals surface area contributed by atoms with Crippen molar-refractivity contribution in [3.63, 3.8) is 0 Å². The molecule has 7 heteroatoms. The number of pyridine rings is 1. The van der Waals surface area contributed by atoms with Crippen LogP contribution in [0.25, 0.3) is 0 Å². The van der Waals surface area contributed by atoms with Crippen LogP contribution in [-0.4, -0.2) is 39.0 Å². The Morgan fingerprint density at radius 1 is 1.41 bits per heavy atom. The van der Waals surface area contributed by atoms with Crippen LogP contribution in [0.15, 0.2) is 23.2 Å². The van der Waals surface area contributed by atoms with E-state index in [-0.39, 0.29) is 4.90 Å². The summed E-state index contributed by atoms with van der Waals surface area (Å²) in [5.41, 5.74) is 0. The summed E-state index contributed by atoms with van der Waals surface area (Å²) in [7, 11) is -2.01. The molecule has 1 aromatic rings. The maximum absolute atomic E-state index is 11.4. The van der Waals surface area contributed by atoms with E-state index in [4.69, 9.17) is 0 Å². The van der Waals surface area contributed by atoms with Gasteiger partial charge in [0.25, 0.3) is 0 Å². The highest BCUT2D eigenvalue weighted by Gasteiger charge is 2.10. The summed E-state index contributed by atoms with van der Waals surface area (Å²) in [6.45, 7) is 0.839. The minimum absolute atomic E-state index is 0.176. The Kier molecular flexibility index (Phi) is 5.73. The van der Waals surface area contributed by atoms with E-state index >= 15 is 0 Å². The lowest BCUT2D eigenvalue weighted by Gasteiger charge is -2.06. The molecule has 5 nitrogen and oxygen atoms in total. The zero-order chi connectivity index (χ0) is 12.7. The van der Waals surface area contributed by atoms with E-state index < -0.39 is 10.0 Å². The number of rotatable bonds is 7. The maximum Gasteiger partial charge on any atom is 0.241 e. The smallest absolute Gasteiger partial charge is 0.241 e. The highest BCUT2D eigenvalue weighted by Crippen LogP contribution is 2.10. The average molecular weight is 275 g/mol. The molecule has 1 aromatic heterocycles. The number of hydrogen-bond donors (Lipinski definition) is 2. The summed E-state index contributed by atoms with van der Waals surface area (Å²) in [6, 6.07) is 3.21. The number of nitrogens with one attached hydrogen (secondary N) is 2. The molecule has 1 rings (SSSR count). The van der Waals surface area contributed by atoms with Crippen LogP contribution in [0.4, 0.5) is 5.82 Å². The molecule has 0 amide bonds. The fraction of sp³-hybridized carbons (Fsp3) is 0.500. The van der Waals surface area contributed by atoms with Gasteiger partial charge in [-0.15, -0.1) is 0 Å². The number of hydrogen-bond acceptors (Lipinski definition) is 5. The van der Waals surface area contributed by atoms with Gasteiger partial charge < -0.3 is 5.32 Å². The highest BCUT2D eigenvalue weighted by atomic mass is 32.2. The van der Waals surface area contributed by atoms with Crippen molar-refractivity contribution in [3.8, 4) is 0 Å². The van der Waals surface area contributed by atoms with E-state index in [1.165, 1.54) is 19.3 Å². The maximum atomic E-state index is 11.4. The molecule has 1 heterocycles. The van der Waals surface area contributed by atoms with Crippen LogP contribution in [0, 0.1) is 0 Å². The molecular formula is C10H17N3O2S2. The third-order valence-corrected chi connectivity index (χ3v) is 4.24. The molecule has 0 aliphatic rings. The molecule has 2 N–H and O–H groups in total. The summed E-state index contributed by atoms with van der Waals surface area (Å²) in [4.78, 5) is 4.23. The van der Waals surface area contributed by atoms with Gasteiger partial charge in [-0.3, -0.25) is 0 Å². The van der Waals surface area contributed by atoms with E-state index in [2.05, 4.69) is 21.3 Å². The second-order valence-corrected chi connectivity index (χ2v) is 6.23. The third-order valence-electron chi connectivity index (χ3n) is 2.15. The van der Waals surface area contributed by atoms with Crippen LogP contribution in [-0.2, 0) is 10.0 Å². The predicted molar refractivity (Wildman–Crippen MR) is 72.0 cm³/mol. The van der Waals surface area contributed by atoms with Crippen molar-refractivity contribution in [1.29, 1.82) is 0 Å². The van der Waals surface area contributed by atoms with Gasteiger partial charge in [0.05, 0.1) is 0 Å². The Morgan fingerprint density at radius 3 is 2.71 bits per heavy atom. The molecule has 0 spiro atoms. The summed E-state index contributed by atoms with van der Waals surface area (Å²) in [5.74, 6) is 1.79. The zero-order valence-electron chi connectivity index (χ0n) is 9.93. The fourth-order valence-corrected chi connectivity index (χ4v) is 2.30. The van der Waals surface area contributed by atoms with Gasteiger partial charge in [0, 0.05) is 12.7 Å².